The van der Waals surface area contributed by atoms with E-state index in [2.05, 4.69) is 6.92 Å². The number of nitro benzene ring substituents is 1. The number of rotatable bonds is 6. The number of Topliss-reactive ketones (excluding diaryl/α,β-unsaturated/α-hetero) is 1. The molecule has 1 fully saturated rings. The molecule has 0 heterocycles. The smallest absolute Gasteiger partial charge is 0.269 e. The van der Waals surface area contributed by atoms with Gasteiger partial charge >= 0.3 is 0 Å². The molecule has 5 nitrogen and oxygen atoms in total. The third kappa shape index (κ3) is 4.11. The molecule has 1 aromatic carbocycles. The highest BCUT2D eigenvalue weighted by Gasteiger charge is 2.25. The van der Waals surface area contributed by atoms with Gasteiger partial charge in [0.05, 0.1) is 11.0 Å². The predicted molar refractivity (Wildman–Crippen MR) is 79.4 cm³/mol. The third-order valence-electron chi connectivity index (χ3n) is 4.19. The quantitative estimate of drug-likeness (QED) is 0.454. The van der Waals surface area contributed by atoms with Crippen LogP contribution in [0.4, 0.5) is 5.69 Å². The van der Waals surface area contributed by atoms with Crippen molar-refractivity contribution in [3.63, 3.8) is 0 Å². The van der Waals surface area contributed by atoms with Gasteiger partial charge in [-0.15, -0.1) is 0 Å². The first kappa shape index (κ1) is 15.6. The molecular weight excluding hydrogens is 270 g/mol. The van der Waals surface area contributed by atoms with E-state index in [1.165, 1.54) is 37.1 Å². The molecule has 1 saturated carbocycles. The van der Waals surface area contributed by atoms with Crippen molar-refractivity contribution in [3.05, 3.63) is 39.9 Å². The van der Waals surface area contributed by atoms with Crippen LogP contribution in [0.25, 0.3) is 0 Å². The molecule has 0 N–H and O–H groups in total. The minimum Gasteiger partial charge on any atom is -0.370 e. The number of ether oxygens (including phenoxy) is 1. The highest BCUT2D eigenvalue weighted by molar-refractivity contribution is 5.97. The van der Waals surface area contributed by atoms with Crippen LogP contribution in [0, 0.1) is 16.0 Å². The number of benzene rings is 1. The van der Waals surface area contributed by atoms with Crippen LogP contribution in [0.3, 0.4) is 0 Å². The molecule has 2 atom stereocenters. The fourth-order valence-corrected chi connectivity index (χ4v) is 2.90. The van der Waals surface area contributed by atoms with Gasteiger partial charge < -0.3 is 4.74 Å². The zero-order chi connectivity index (χ0) is 15.2. The largest absolute Gasteiger partial charge is 0.370 e. The van der Waals surface area contributed by atoms with Gasteiger partial charge in [0.1, 0.15) is 6.61 Å². The number of carbonyl (C=O) groups is 1. The lowest BCUT2D eigenvalue weighted by atomic mass is 9.85. The average molecular weight is 291 g/mol. The standard InChI is InChI=1S/C16H21NO4/c1-2-12-5-3-4-6-16(12)21-11-15(18)13-7-9-14(10-8-13)17(19)20/h7-10,12,16H,2-6,11H2,1H3. The summed E-state index contributed by atoms with van der Waals surface area (Å²) in [5.74, 6) is 0.425. The van der Waals surface area contributed by atoms with Crippen LogP contribution in [0.5, 0.6) is 0 Å². The van der Waals surface area contributed by atoms with E-state index < -0.39 is 4.92 Å². The molecule has 0 bridgehead atoms. The molecule has 2 unspecified atom stereocenters. The number of hydrogen-bond donors (Lipinski definition) is 0. The van der Waals surface area contributed by atoms with E-state index in [9.17, 15) is 14.9 Å². The first-order valence-electron chi connectivity index (χ1n) is 7.51. The van der Waals surface area contributed by atoms with Crippen LogP contribution in [0.2, 0.25) is 0 Å². The molecule has 0 radical (unpaired) electrons. The topological polar surface area (TPSA) is 69.4 Å². The molecule has 0 amide bonds. The van der Waals surface area contributed by atoms with Crippen molar-refractivity contribution in [1.29, 1.82) is 0 Å². The molecule has 1 aliphatic rings. The van der Waals surface area contributed by atoms with Gasteiger partial charge in [0.15, 0.2) is 5.78 Å². The van der Waals surface area contributed by atoms with E-state index >= 15 is 0 Å². The Labute approximate surface area is 124 Å². The summed E-state index contributed by atoms with van der Waals surface area (Å²) in [6.07, 6.45) is 5.85. The molecule has 0 aromatic heterocycles. The molecular formula is C16H21NO4. The lowest BCUT2D eigenvalue weighted by molar-refractivity contribution is -0.384. The van der Waals surface area contributed by atoms with Gasteiger partial charge in [0, 0.05) is 17.7 Å². The molecule has 21 heavy (non-hydrogen) atoms. The highest BCUT2D eigenvalue weighted by atomic mass is 16.6. The second kappa shape index (κ2) is 7.31. The van der Waals surface area contributed by atoms with E-state index in [1.807, 2.05) is 0 Å². The Morgan fingerprint density at radius 3 is 2.57 bits per heavy atom. The fourth-order valence-electron chi connectivity index (χ4n) is 2.90. The van der Waals surface area contributed by atoms with Crippen molar-refractivity contribution in [2.24, 2.45) is 5.92 Å². The zero-order valence-corrected chi connectivity index (χ0v) is 12.3. The summed E-state index contributed by atoms with van der Waals surface area (Å²) in [5.41, 5.74) is 0.454. The van der Waals surface area contributed by atoms with E-state index in [0.29, 0.717) is 11.5 Å². The molecule has 2 rings (SSSR count). The zero-order valence-electron chi connectivity index (χ0n) is 12.3. The van der Waals surface area contributed by atoms with E-state index in [-0.39, 0.29) is 24.2 Å². The monoisotopic (exact) mass is 291 g/mol. The van der Waals surface area contributed by atoms with Crippen molar-refractivity contribution in [3.8, 4) is 0 Å². The minimum atomic E-state index is -0.474. The van der Waals surface area contributed by atoms with Crippen LogP contribution < -0.4 is 0 Å². The maximum Gasteiger partial charge on any atom is 0.269 e. The number of hydrogen-bond acceptors (Lipinski definition) is 4. The van der Waals surface area contributed by atoms with Crippen molar-refractivity contribution in [1.82, 2.24) is 0 Å². The first-order chi connectivity index (χ1) is 10.1. The Kier molecular flexibility index (Phi) is 5.44. The van der Waals surface area contributed by atoms with Crippen molar-refractivity contribution >= 4 is 11.5 Å². The van der Waals surface area contributed by atoms with Gasteiger partial charge in [-0.05, 0) is 30.9 Å². The SMILES string of the molecule is CCC1CCCCC1OCC(=O)c1ccc([N+](=O)[O-])cc1. The van der Waals surface area contributed by atoms with Gasteiger partial charge in [0.2, 0.25) is 0 Å². The van der Waals surface area contributed by atoms with Crippen molar-refractivity contribution in [2.75, 3.05) is 6.61 Å². The van der Waals surface area contributed by atoms with Crippen molar-refractivity contribution in [2.45, 2.75) is 45.1 Å². The van der Waals surface area contributed by atoms with Crippen LogP contribution in [-0.2, 0) is 4.74 Å². The average Bonchev–Trinajstić information content (AvgIpc) is 2.52. The number of nitrogens with zero attached hydrogens (tertiary/aromatic N) is 1. The Balaban J connectivity index is 1.90. The summed E-state index contributed by atoms with van der Waals surface area (Å²) in [7, 11) is 0. The summed E-state index contributed by atoms with van der Waals surface area (Å²) in [5, 5.41) is 10.6. The lowest BCUT2D eigenvalue weighted by Crippen LogP contribution is -2.29. The van der Waals surface area contributed by atoms with Crippen LogP contribution in [0.1, 0.15) is 49.4 Å². The number of nitro groups is 1. The summed E-state index contributed by atoms with van der Waals surface area (Å²) in [6.45, 7) is 2.21. The van der Waals surface area contributed by atoms with E-state index in [1.54, 1.807) is 0 Å². The second-order valence-corrected chi connectivity index (χ2v) is 5.53. The normalized spacial score (nSPS) is 22.0. The first-order valence-corrected chi connectivity index (χ1v) is 7.51. The van der Waals surface area contributed by atoms with Crippen LogP contribution >= 0.6 is 0 Å². The molecule has 1 aromatic rings. The molecule has 114 valence electrons. The Hall–Kier alpha value is -1.75. The summed E-state index contributed by atoms with van der Waals surface area (Å²) >= 11 is 0. The molecule has 5 heteroatoms. The lowest BCUT2D eigenvalue weighted by Gasteiger charge is -2.30. The third-order valence-corrected chi connectivity index (χ3v) is 4.19. The molecule has 0 saturated heterocycles. The Bertz CT molecular complexity index is 498. The van der Waals surface area contributed by atoms with Gasteiger partial charge in [-0.25, -0.2) is 0 Å². The van der Waals surface area contributed by atoms with Gasteiger partial charge in [-0.2, -0.15) is 0 Å². The Morgan fingerprint density at radius 2 is 1.95 bits per heavy atom. The van der Waals surface area contributed by atoms with E-state index in [0.717, 1.165) is 19.3 Å². The van der Waals surface area contributed by atoms with E-state index in [4.69, 9.17) is 4.74 Å². The summed E-state index contributed by atoms with van der Waals surface area (Å²) in [6, 6.07) is 5.68. The predicted octanol–water partition coefficient (Wildman–Crippen LogP) is 3.76. The van der Waals surface area contributed by atoms with Crippen molar-refractivity contribution < 1.29 is 14.5 Å². The van der Waals surface area contributed by atoms with Crippen LogP contribution in [-0.4, -0.2) is 23.4 Å². The maximum absolute atomic E-state index is 12.1. The van der Waals surface area contributed by atoms with Crippen LogP contribution in [0.15, 0.2) is 24.3 Å². The molecule has 1 aliphatic carbocycles. The number of carbonyl (C=O) groups excluding carboxylic acids is 1. The van der Waals surface area contributed by atoms with Gasteiger partial charge in [-0.1, -0.05) is 26.2 Å². The Morgan fingerprint density at radius 1 is 1.29 bits per heavy atom. The minimum absolute atomic E-state index is 0.00852. The van der Waals surface area contributed by atoms with Gasteiger partial charge in [-0.3, -0.25) is 14.9 Å². The summed E-state index contributed by atoms with van der Waals surface area (Å²) in [4.78, 5) is 22.2. The maximum atomic E-state index is 12.1. The summed E-state index contributed by atoms with van der Waals surface area (Å²) < 4.78 is 5.80. The number of non-ortho nitro benzene ring substituents is 1. The highest BCUT2D eigenvalue weighted by Crippen LogP contribution is 2.29. The fraction of sp³-hybridized carbons (Fsp3) is 0.562. The van der Waals surface area contributed by atoms with Gasteiger partial charge in [0.25, 0.3) is 5.69 Å². The molecule has 0 aliphatic heterocycles. The number of ketones is 1. The second-order valence-electron chi connectivity index (χ2n) is 5.53. The molecule has 0 spiro atoms.